The Balaban J connectivity index is 2.00. The second kappa shape index (κ2) is 8.27. The Morgan fingerprint density at radius 2 is 1.36 bits per heavy atom. The molecule has 0 heterocycles. The fourth-order valence-electron chi connectivity index (χ4n) is 2.66. The molecule has 1 N–H and O–H groups in total. The number of hydrogen-bond acceptors (Lipinski definition) is 2. The van der Waals surface area contributed by atoms with Crippen molar-refractivity contribution in [2.75, 3.05) is 12.4 Å². The number of benzene rings is 3. The number of ether oxygens (including phenoxy) is 1. The van der Waals surface area contributed by atoms with Gasteiger partial charge in [0.15, 0.2) is 0 Å². The van der Waals surface area contributed by atoms with Crippen molar-refractivity contribution in [1.82, 2.24) is 0 Å². The molecular formula is C22H19NOS. The summed E-state index contributed by atoms with van der Waals surface area (Å²) in [5.74, 6) is 0. The quantitative estimate of drug-likeness (QED) is 0.487. The first-order chi connectivity index (χ1) is 12.3. The highest BCUT2D eigenvalue weighted by atomic mass is 32.1. The maximum atomic E-state index is 5.66. The van der Waals surface area contributed by atoms with E-state index in [4.69, 9.17) is 17.0 Å². The first-order valence-electron chi connectivity index (χ1n) is 8.04. The zero-order chi connectivity index (χ0) is 17.5. The van der Waals surface area contributed by atoms with Gasteiger partial charge in [0.25, 0.3) is 0 Å². The summed E-state index contributed by atoms with van der Waals surface area (Å²) in [6.07, 6.45) is 1.76. The Labute approximate surface area is 153 Å². The van der Waals surface area contributed by atoms with Gasteiger partial charge in [-0.1, -0.05) is 85.0 Å². The Bertz CT molecular complexity index is 873. The molecule has 124 valence electrons. The number of nitrogens with one attached hydrogen (secondary N) is 1. The van der Waals surface area contributed by atoms with Crippen LogP contribution in [0.2, 0.25) is 0 Å². The van der Waals surface area contributed by atoms with Crippen LogP contribution in [0.5, 0.6) is 0 Å². The van der Waals surface area contributed by atoms with Crippen LogP contribution in [-0.2, 0) is 4.74 Å². The summed E-state index contributed by atoms with van der Waals surface area (Å²) in [6.45, 7) is 0. The fourth-order valence-corrected chi connectivity index (χ4v) is 2.95. The minimum atomic E-state index is 0.680. The van der Waals surface area contributed by atoms with Gasteiger partial charge in [-0.15, -0.1) is 0 Å². The van der Waals surface area contributed by atoms with Gasteiger partial charge in [0.2, 0.25) is 0 Å². The number of thiocarbonyl (C=S) groups is 1. The Morgan fingerprint density at radius 1 is 0.800 bits per heavy atom. The third kappa shape index (κ3) is 4.14. The van der Waals surface area contributed by atoms with Crippen molar-refractivity contribution in [2.24, 2.45) is 0 Å². The number of hydrogen-bond donors (Lipinski definition) is 1. The van der Waals surface area contributed by atoms with Gasteiger partial charge in [0.05, 0.1) is 13.4 Å². The van der Waals surface area contributed by atoms with E-state index in [0.717, 1.165) is 28.0 Å². The van der Waals surface area contributed by atoms with Crippen LogP contribution in [0.25, 0.3) is 5.57 Å². The molecule has 3 heteroatoms. The molecule has 3 rings (SSSR count). The summed E-state index contributed by atoms with van der Waals surface area (Å²) in [4.78, 5) is 0.680. The molecule has 0 fully saturated rings. The van der Waals surface area contributed by atoms with E-state index in [1.165, 1.54) is 0 Å². The SMILES string of the molecule is COC=C(c1ccccc1)c1ccccc1C(=S)Nc1ccccc1. The molecule has 2 nitrogen and oxygen atoms in total. The Kier molecular flexibility index (Phi) is 5.60. The molecule has 0 unspecified atom stereocenters. The normalized spacial score (nSPS) is 11.0. The third-order valence-electron chi connectivity index (χ3n) is 3.81. The largest absolute Gasteiger partial charge is 0.504 e. The van der Waals surface area contributed by atoms with Crippen molar-refractivity contribution in [3.63, 3.8) is 0 Å². The molecule has 0 aliphatic heterocycles. The zero-order valence-corrected chi connectivity index (χ0v) is 14.8. The van der Waals surface area contributed by atoms with E-state index >= 15 is 0 Å². The summed E-state index contributed by atoms with van der Waals surface area (Å²) in [5, 5.41) is 3.31. The highest BCUT2D eigenvalue weighted by Gasteiger charge is 2.13. The van der Waals surface area contributed by atoms with Gasteiger partial charge in [-0.3, -0.25) is 0 Å². The minimum Gasteiger partial charge on any atom is -0.504 e. The molecular weight excluding hydrogens is 326 g/mol. The number of methoxy groups -OCH3 is 1. The number of para-hydroxylation sites is 1. The Morgan fingerprint density at radius 3 is 2.00 bits per heavy atom. The van der Waals surface area contributed by atoms with Crippen LogP contribution < -0.4 is 5.32 Å². The number of rotatable bonds is 5. The van der Waals surface area contributed by atoms with Crippen LogP contribution in [0.1, 0.15) is 16.7 Å². The van der Waals surface area contributed by atoms with Gasteiger partial charge >= 0.3 is 0 Å². The summed E-state index contributed by atoms with van der Waals surface area (Å²) in [5.41, 5.74) is 5.05. The smallest absolute Gasteiger partial charge is 0.111 e. The van der Waals surface area contributed by atoms with Crippen molar-refractivity contribution in [1.29, 1.82) is 0 Å². The second-order valence-corrected chi connectivity index (χ2v) is 5.91. The van der Waals surface area contributed by atoms with Crippen molar-refractivity contribution >= 4 is 28.5 Å². The van der Waals surface area contributed by atoms with Gasteiger partial charge in [-0.25, -0.2) is 0 Å². The van der Waals surface area contributed by atoms with Crippen LogP contribution >= 0.6 is 12.2 Å². The van der Waals surface area contributed by atoms with E-state index in [2.05, 4.69) is 23.5 Å². The van der Waals surface area contributed by atoms with Crippen LogP contribution in [0.15, 0.2) is 91.2 Å². The molecule has 0 atom stereocenters. The average Bonchev–Trinajstić information content (AvgIpc) is 2.67. The van der Waals surface area contributed by atoms with Crippen molar-refractivity contribution in [3.05, 3.63) is 108 Å². The lowest BCUT2D eigenvalue weighted by Gasteiger charge is -2.15. The molecule has 0 spiro atoms. The highest BCUT2D eigenvalue weighted by Crippen LogP contribution is 2.27. The van der Waals surface area contributed by atoms with Crippen LogP contribution in [0, 0.1) is 0 Å². The maximum absolute atomic E-state index is 5.66. The molecule has 0 saturated carbocycles. The van der Waals surface area contributed by atoms with Crippen molar-refractivity contribution in [2.45, 2.75) is 0 Å². The molecule has 0 aliphatic carbocycles. The van der Waals surface area contributed by atoms with Crippen LogP contribution in [-0.4, -0.2) is 12.1 Å². The average molecular weight is 345 g/mol. The lowest BCUT2D eigenvalue weighted by atomic mass is 9.94. The van der Waals surface area contributed by atoms with E-state index in [9.17, 15) is 0 Å². The summed E-state index contributed by atoms with van der Waals surface area (Å²) >= 11 is 5.66. The van der Waals surface area contributed by atoms with E-state index in [-0.39, 0.29) is 0 Å². The summed E-state index contributed by atoms with van der Waals surface area (Å²) in [6, 6.07) is 28.2. The highest BCUT2D eigenvalue weighted by molar-refractivity contribution is 7.81. The second-order valence-electron chi connectivity index (χ2n) is 5.50. The van der Waals surface area contributed by atoms with Crippen molar-refractivity contribution < 1.29 is 4.74 Å². The molecule has 3 aromatic carbocycles. The molecule has 0 aliphatic rings. The van der Waals surface area contributed by atoms with E-state index in [0.29, 0.717) is 4.99 Å². The van der Waals surface area contributed by atoms with Gasteiger partial charge in [-0.05, 0) is 23.3 Å². The standard InChI is InChI=1S/C22H19NOS/c1-24-16-21(17-10-4-2-5-11-17)19-14-8-9-15-20(19)22(25)23-18-12-6-3-7-13-18/h2-16H,1H3,(H,23,25). The molecule has 0 amide bonds. The molecule has 25 heavy (non-hydrogen) atoms. The molecule has 0 radical (unpaired) electrons. The van der Waals surface area contributed by atoms with Crippen molar-refractivity contribution in [3.8, 4) is 0 Å². The first kappa shape index (κ1) is 16.9. The van der Waals surface area contributed by atoms with Gasteiger partial charge in [-0.2, -0.15) is 0 Å². The number of anilines is 1. The fraction of sp³-hybridized carbons (Fsp3) is 0.0455. The predicted molar refractivity (Wildman–Crippen MR) is 109 cm³/mol. The monoisotopic (exact) mass is 345 g/mol. The Hall–Kier alpha value is -2.91. The zero-order valence-electron chi connectivity index (χ0n) is 14.0. The predicted octanol–water partition coefficient (Wildman–Crippen LogP) is 5.51. The lowest BCUT2D eigenvalue weighted by molar-refractivity contribution is 0.340. The molecule has 3 aromatic rings. The topological polar surface area (TPSA) is 21.3 Å². The van der Waals surface area contributed by atoms with E-state index in [1.54, 1.807) is 13.4 Å². The van der Waals surface area contributed by atoms with Crippen LogP contribution in [0.3, 0.4) is 0 Å². The van der Waals surface area contributed by atoms with Crippen LogP contribution in [0.4, 0.5) is 5.69 Å². The first-order valence-corrected chi connectivity index (χ1v) is 8.44. The molecule has 0 saturated heterocycles. The summed E-state index contributed by atoms with van der Waals surface area (Å²) < 4.78 is 5.34. The molecule has 0 aromatic heterocycles. The summed E-state index contributed by atoms with van der Waals surface area (Å²) in [7, 11) is 1.66. The van der Waals surface area contributed by atoms with E-state index in [1.807, 2.05) is 66.7 Å². The maximum Gasteiger partial charge on any atom is 0.111 e. The van der Waals surface area contributed by atoms with Gasteiger partial charge < -0.3 is 10.1 Å². The molecule has 0 bridgehead atoms. The van der Waals surface area contributed by atoms with E-state index < -0.39 is 0 Å². The minimum absolute atomic E-state index is 0.680. The lowest BCUT2D eigenvalue weighted by Crippen LogP contribution is -2.13. The van der Waals surface area contributed by atoms with Gasteiger partial charge in [0.1, 0.15) is 4.99 Å². The third-order valence-corrected chi connectivity index (χ3v) is 4.14. The van der Waals surface area contributed by atoms with Gasteiger partial charge in [0, 0.05) is 16.8 Å².